The molecule has 0 atom stereocenters. The maximum atomic E-state index is 12.5. The van der Waals surface area contributed by atoms with Crippen molar-refractivity contribution in [1.29, 1.82) is 0 Å². The number of carbonyl (C=O) groups is 2. The molecule has 0 aromatic heterocycles. The lowest BCUT2D eigenvalue weighted by Crippen LogP contribution is -2.32. The van der Waals surface area contributed by atoms with Crippen molar-refractivity contribution in [1.82, 2.24) is 4.90 Å². The van der Waals surface area contributed by atoms with Crippen molar-refractivity contribution < 1.29 is 24.0 Å². The van der Waals surface area contributed by atoms with Crippen LogP contribution in [0.4, 0.5) is 10.5 Å². The average molecular weight is 435 g/mol. The Morgan fingerprint density at radius 3 is 2.62 bits per heavy atom. The number of imide groups is 1. The monoisotopic (exact) mass is 434 g/mol. The summed E-state index contributed by atoms with van der Waals surface area (Å²) in [5.74, 6) is 0.568. The Morgan fingerprint density at radius 2 is 1.93 bits per heavy atom. The molecular weight excluding hydrogens is 420 g/mol. The maximum Gasteiger partial charge on any atom is 0.293 e. The van der Waals surface area contributed by atoms with Gasteiger partial charge in [-0.1, -0.05) is 29.8 Å². The minimum Gasteiger partial charge on any atom is -0.493 e. The van der Waals surface area contributed by atoms with Gasteiger partial charge in [-0.05, 0) is 41.6 Å². The van der Waals surface area contributed by atoms with E-state index in [4.69, 9.17) is 21.1 Å². The number of carbonyl (C=O) groups excluding carboxylic acids is 2. The Bertz CT molecular complexity index is 1010. The number of halogens is 1. The molecule has 29 heavy (non-hydrogen) atoms. The summed E-state index contributed by atoms with van der Waals surface area (Å²) in [6.45, 7) is 0.152. The second kappa shape index (κ2) is 8.97. The number of nitro benzene ring substituents is 1. The van der Waals surface area contributed by atoms with Crippen LogP contribution in [0.5, 0.6) is 11.5 Å². The Kier molecular flexibility index (Phi) is 6.40. The zero-order valence-electron chi connectivity index (χ0n) is 15.2. The standard InChI is InChI=1S/C19H15ClN2O6S/c1-27-15-4-2-3-5-16(15)28-9-8-21-18(23)17(29-19(21)24)11-12-6-7-13(20)14(10-12)22(25)26/h2-7,10-11H,8-9H2,1H3/b17-11-. The number of ether oxygens (including phenoxy) is 2. The summed E-state index contributed by atoms with van der Waals surface area (Å²) in [5.41, 5.74) is 0.127. The highest BCUT2D eigenvalue weighted by Crippen LogP contribution is 2.34. The van der Waals surface area contributed by atoms with Crippen LogP contribution >= 0.6 is 23.4 Å². The second-order valence-corrected chi connectivity index (χ2v) is 7.20. The summed E-state index contributed by atoms with van der Waals surface area (Å²) >= 11 is 6.56. The van der Waals surface area contributed by atoms with E-state index in [0.717, 1.165) is 16.7 Å². The Hall–Kier alpha value is -3.04. The first-order valence-corrected chi connectivity index (χ1v) is 9.55. The second-order valence-electron chi connectivity index (χ2n) is 5.80. The van der Waals surface area contributed by atoms with E-state index >= 15 is 0 Å². The number of hydrogen-bond donors (Lipinski definition) is 0. The van der Waals surface area contributed by atoms with Gasteiger partial charge in [-0.25, -0.2) is 0 Å². The average Bonchev–Trinajstić information content (AvgIpc) is 2.96. The summed E-state index contributed by atoms with van der Waals surface area (Å²) in [6.07, 6.45) is 1.43. The quantitative estimate of drug-likeness (QED) is 0.362. The molecule has 8 nitrogen and oxygen atoms in total. The number of thioether (sulfide) groups is 1. The van der Waals surface area contributed by atoms with Gasteiger partial charge in [0.25, 0.3) is 16.8 Å². The molecule has 1 saturated heterocycles. The number of hydrogen-bond acceptors (Lipinski definition) is 7. The van der Waals surface area contributed by atoms with E-state index in [1.807, 2.05) is 0 Å². The van der Waals surface area contributed by atoms with Crippen molar-refractivity contribution in [3.63, 3.8) is 0 Å². The normalized spacial score (nSPS) is 15.1. The fourth-order valence-corrected chi connectivity index (χ4v) is 3.64. The van der Waals surface area contributed by atoms with Gasteiger partial charge in [0.15, 0.2) is 11.5 Å². The Balaban J connectivity index is 1.69. The van der Waals surface area contributed by atoms with Crippen LogP contribution < -0.4 is 9.47 Å². The van der Waals surface area contributed by atoms with Crippen molar-refractivity contribution >= 4 is 46.3 Å². The number of nitrogens with zero attached hydrogens (tertiary/aromatic N) is 2. The lowest BCUT2D eigenvalue weighted by Gasteiger charge is -2.14. The van der Waals surface area contributed by atoms with Crippen molar-refractivity contribution in [2.45, 2.75) is 0 Å². The highest BCUT2D eigenvalue weighted by molar-refractivity contribution is 8.18. The van der Waals surface area contributed by atoms with Crippen LogP contribution in [-0.4, -0.2) is 41.2 Å². The first kappa shape index (κ1) is 20.7. The molecule has 0 saturated carbocycles. The number of methoxy groups -OCH3 is 1. The smallest absolute Gasteiger partial charge is 0.293 e. The molecule has 10 heteroatoms. The van der Waals surface area contributed by atoms with Gasteiger partial charge in [0.1, 0.15) is 11.6 Å². The molecule has 0 radical (unpaired) electrons. The predicted molar refractivity (Wildman–Crippen MR) is 109 cm³/mol. The van der Waals surface area contributed by atoms with Gasteiger partial charge in [0.05, 0.1) is 23.5 Å². The SMILES string of the molecule is COc1ccccc1OCCN1C(=O)S/C(=C\c2ccc(Cl)c([N+](=O)[O-])c2)C1=O. The molecule has 0 bridgehead atoms. The molecule has 0 unspecified atom stereocenters. The van der Waals surface area contributed by atoms with E-state index in [1.165, 1.54) is 31.4 Å². The molecule has 3 rings (SSSR count). The van der Waals surface area contributed by atoms with Gasteiger partial charge in [-0.15, -0.1) is 0 Å². The topological polar surface area (TPSA) is 99.0 Å². The molecule has 1 fully saturated rings. The van der Waals surface area contributed by atoms with Crippen LogP contribution in [0.25, 0.3) is 6.08 Å². The molecule has 0 N–H and O–H groups in total. The number of para-hydroxylation sites is 2. The van der Waals surface area contributed by atoms with Crippen molar-refractivity contribution in [3.8, 4) is 11.5 Å². The van der Waals surface area contributed by atoms with Crippen LogP contribution in [0.3, 0.4) is 0 Å². The van der Waals surface area contributed by atoms with Crippen LogP contribution in [0.1, 0.15) is 5.56 Å². The third kappa shape index (κ3) is 4.69. The van der Waals surface area contributed by atoms with Gasteiger partial charge in [-0.2, -0.15) is 0 Å². The van der Waals surface area contributed by atoms with Crippen LogP contribution in [0, 0.1) is 10.1 Å². The zero-order valence-corrected chi connectivity index (χ0v) is 16.7. The maximum absolute atomic E-state index is 12.5. The molecule has 1 heterocycles. The third-order valence-electron chi connectivity index (χ3n) is 3.98. The summed E-state index contributed by atoms with van der Waals surface area (Å²) < 4.78 is 10.8. The van der Waals surface area contributed by atoms with E-state index in [0.29, 0.717) is 17.1 Å². The van der Waals surface area contributed by atoms with Gasteiger partial charge in [-0.3, -0.25) is 24.6 Å². The molecule has 2 aromatic rings. The lowest BCUT2D eigenvalue weighted by molar-refractivity contribution is -0.384. The Labute approximate surface area is 175 Å². The van der Waals surface area contributed by atoms with Crippen molar-refractivity contribution in [3.05, 3.63) is 68.1 Å². The van der Waals surface area contributed by atoms with E-state index < -0.39 is 16.1 Å². The minimum atomic E-state index is -0.611. The summed E-state index contributed by atoms with van der Waals surface area (Å²) in [7, 11) is 1.52. The largest absolute Gasteiger partial charge is 0.493 e. The van der Waals surface area contributed by atoms with Gasteiger partial charge >= 0.3 is 0 Å². The number of rotatable bonds is 7. The van der Waals surface area contributed by atoms with Gasteiger partial charge < -0.3 is 9.47 Å². The minimum absolute atomic E-state index is 0.00579. The van der Waals surface area contributed by atoms with Crippen molar-refractivity contribution in [2.24, 2.45) is 0 Å². The number of nitro groups is 1. The molecule has 0 aliphatic carbocycles. The summed E-state index contributed by atoms with van der Waals surface area (Å²) in [6, 6.07) is 11.2. The highest BCUT2D eigenvalue weighted by atomic mass is 35.5. The molecular formula is C19H15ClN2O6S. The predicted octanol–water partition coefficient (Wildman–Crippen LogP) is 4.37. The Morgan fingerprint density at radius 1 is 1.21 bits per heavy atom. The van der Waals surface area contributed by atoms with Gasteiger partial charge in [0, 0.05) is 6.07 Å². The molecule has 1 aliphatic rings. The van der Waals surface area contributed by atoms with E-state index in [1.54, 1.807) is 24.3 Å². The molecule has 2 amide bonds. The van der Waals surface area contributed by atoms with Gasteiger partial charge in [0.2, 0.25) is 0 Å². The number of benzene rings is 2. The third-order valence-corrected chi connectivity index (χ3v) is 5.21. The van der Waals surface area contributed by atoms with Crippen LogP contribution in [0.2, 0.25) is 5.02 Å². The first-order chi connectivity index (χ1) is 13.9. The summed E-state index contributed by atoms with van der Waals surface area (Å²) in [5, 5.41) is 10.6. The molecule has 2 aromatic carbocycles. The number of amides is 2. The van der Waals surface area contributed by atoms with E-state index in [9.17, 15) is 19.7 Å². The molecule has 1 aliphatic heterocycles. The zero-order chi connectivity index (χ0) is 21.0. The van der Waals surface area contributed by atoms with E-state index in [2.05, 4.69) is 0 Å². The van der Waals surface area contributed by atoms with Crippen LogP contribution in [-0.2, 0) is 4.79 Å². The molecule has 0 spiro atoms. The molecule has 150 valence electrons. The van der Waals surface area contributed by atoms with E-state index in [-0.39, 0.29) is 28.8 Å². The fraction of sp³-hybridized carbons (Fsp3) is 0.158. The first-order valence-electron chi connectivity index (χ1n) is 8.36. The summed E-state index contributed by atoms with van der Waals surface area (Å²) in [4.78, 5) is 36.4. The lowest BCUT2D eigenvalue weighted by atomic mass is 10.2. The highest BCUT2D eigenvalue weighted by Gasteiger charge is 2.35. The fourth-order valence-electron chi connectivity index (χ4n) is 2.59. The van der Waals surface area contributed by atoms with Crippen molar-refractivity contribution in [2.75, 3.05) is 20.3 Å². The van der Waals surface area contributed by atoms with Crippen LogP contribution in [0.15, 0.2) is 47.4 Å².